The molecule has 1 N–H and O–H groups in total. The standard InChI is InChI=1S/C18H17FN2O2/c1-23-15-9-10-16-13(11-15)3-2-4-17(16)20-21-18(22)12-5-7-14(19)8-6-12/h5-11H,2-4H2,1H3,(H,21,22). The number of benzene rings is 2. The Kier molecular flexibility index (Phi) is 4.37. The summed E-state index contributed by atoms with van der Waals surface area (Å²) < 4.78 is 18.1. The van der Waals surface area contributed by atoms with Crippen molar-refractivity contribution in [2.75, 3.05) is 7.11 Å². The van der Waals surface area contributed by atoms with Gasteiger partial charge in [-0.1, -0.05) is 0 Å². The SMILES string of the molecule is COc1ccc2c(c1)CCCC2=NNC(=O)c1ccc(F)cc1. The number of nitrogens with zero attached hydrogens (tertiary/aromatic N) is 1. The van der Waals surface area contributed by atoms with E-state index in [2.05, 4.69) is 10.5 Å². The third kappa shape index (κ3) is 3.39. The first kappa shape index (κ1) is 15.2. The Balaban J connectivity index is 1.79. The molecule has 0 aromatic heterocycles. The Morgan fingerprint density at radius 2 is 1.96 bits per heavy atom. The van der Waals surface area contributed by atoms with Gasteiger partial charge in [-0.05, 0) is 67.3 Å². The van der Waals surface area contributed by atoms with Gasteiger partial charge in [0.15, 0.2) is 0 Å². The Hall–Kier alpha value is -2.69. The Morgan fingerprint density at radius 1 is 1.17 bits per heavy atom. The van der Waals surface area contributed by atoms with Gasteiger partial charge in [-0.15, -0.1) is 0 Å². The lowest BCUT2D eigenvalue weighted by Gasteiger charge is -2.18. The number of carbonyl (C=O) groups is 1. The maximum absolute atomic E-state index is 12.9. The molecule has 0 spiro atoms. The number of aryl methyl sites for hydroxylation is 1. The molecule has 0 fully saturated rings. The largest absolute Gasteiger partial charge is 0.497 e. The molecule has 1 aliphatic rings. The smallest absolute Gasteiger partial charge is 0.271 e. The van der Waals surface area contributed by atoms with E-state index in [4.69, 9.17) is 4.74 Å². The number of ether oxygens (including phenoxy) is 1. The minimum absolute atomic E-state index is 0.349. The van der Waals surface area contributed by atoms with E-state index in [-0.39, 0.29) is 11.7 Å². The van der Waals surface area contributed by atoms with Crippen LogP contribution in [0.4, 0.5) is 4.39 Å². The van der Waals surface area contributed by atoms with Gasteiger partial charge in [0.05, 0.1) is 12.8 Å². The molecule has 0 heterocycles. The highest BCUT2D eigenvalue weighted by atomic mass is 19.1. The molecule has 0 bridgehead atoms. The van der Waals surface area contributed by atoms with E-state index >= 15 is 0 Å². The highest BCUT2D eigenvalue weighted by molar-refractivity contribution is 6.04. The van der Waals surface area contributed by atoms with Crippen molar-refractivity contribution >= 4 is 11.6 Å². The van der Waals surface area contributed by atoms with Gasteiger partial charge in [0.2, 0.25) is 0 Å². The fourth-order valence-electron chi connectivity index (χ4n) is 2.67. The zero-order valence-electron chi connectivity index (χ0n) is 12.8. The fourth-order valence-corrected chi connectivity index (χ4v) is 2.67. The third-order valence-corrected chi connectivity index (χ3v) is 3.88. The summed E-state index contributed by atoms with van der Waals surface area (Å²) in [6.07, 6.45) is 2.76. The molecule has 4 nitrogen and oxygen atoms in total. The van der Waals surface area contributed by atoms with Gasteiger partial charge in [0.25, 0.3) is 5.91 Å². The van der Waals surface area contributed by atoms with E-state index in [0.29, 0.717) is 5.56 Å². The van der Waals surface area contributed by atoms with E-state index < -0.39 is 0 Å². The van der Waals surface area contributed by atoms with Crippen molar-refractivity contribution in [1.82, 2.24) is 5.43 Å². The molecule has 0 atom stereocenters. The van der Waals surface area contributed by atoms with Crippen molar-refractivity contribution in [3.8, 4) is 5.75 Å². The molecule has 0 aliphatic heterocycles. The lowest BCUT2D eigenvalue weighted by Crippen LogP contribution is -2.22. The summed E-state index contributed by atoms with van der Waals surface area (Å²) in [6, 6.07) is 11.2. The first-order chi connectivity index (χ1) is 11.2. The number of hydrogen-bond acceptors (Lipinski definition) is 3. The van der Waals surface area contributed by atoms with Gasteiger partial charge in [0, 0.05) is 11.1 Å². The Morgan fingerprint density at radius 3 is 2.70 bits per heavy atom. The Labute approximate surface area is 134 Å². The molecule has 0 saturated carbocycles. The first-order valence-corrected chi connectivity index (χ1v) is 7.47. The van der Waals surface area contributed by atoms with Crippen LogP contribution in [-0.4, -0.2) is 18.7 Å². The molecular weight excluding hydrogens is 295 g/mol. The van der Waals surface area contributed by atoms with Crippen LogP contribution in [0, 0.1) is 5.82 Å². The van der Waals surface area contributed by atoms with Gasteiger partial charge in [-0.25, -0.2) is 9.82 Å². The van der Waals surface area contributed by atoms with Crippen LogP contribution in [0.1, 0.15) is 34.3 Å². The van der Waals surface area contributed by atoms with Crippen molar-refractivity contribution in [2.45, 2.75) is 19.3 Å². The molecule has 1 amide bonds. The summed E-state index contributed by atoms with van der Waals surface area (Å²) in [5, 5.41) is 4.26. The highest BCUT2D eigenvalue weighted by Gasteiger charge is 2.16. The second-order valence-corrected chi connectivity index (χ2v) is 5.38. The number of methoxy groups -OCH3 is 1. The van der Waals surface area contributed by atoms with Gasteiger partial charge >= 0.3 is 0 Å². The van der Waals surface area contributed by atoms with Crippen molar-refractivity contribution in [3.63, 3.8) is 0 Å². The summed E-state index contributed by atoms with van der Waals surface area (Å²) in [5.41, 5.74) is 5.99. The van der Waals surface area contributed by atoms with Crippen LogP contribution in [0.15, 0.2) is 47.6 Å². The van der Waals surface area contributed by atoms with Crippen LogP contribution in [0.2, 0.25) is 0 Å². The molecule has 3 rings (SSSR count). The second kappa shape index (κ2) is 6.60. The maximum Gasteiger partial charge on any atom is 0.271 e. The minimum atomic E-state index is -0.372. The zero-order chi connectivity index (χ0) is 16.2. The van der Waals surface area contributed by atoms with E-state index in [1.165, 1.54) is 29.8 Å². The normalized spacial score (nSPS) is 15.1. The molecular formula is C18H17FN2O2. The number of carbonyl (C=O) groups excluding carboxylic acids is 1. The number of hydrazone groups is 1. The van der Waals surface area contributed by atoms with Crippen molar-refractivity contribution in [3.05, 3.63) is 65.0 Å². The van der Waals surface area contributed by atoms with Gasteiger partial charge in [-0.2, -0.15) is 5.10 Å². The predicted molar refractivity (Wildman–Crippen MR) is 86.3 cm³/mol. The van der Waals surface area contributed by atoms with E-state index in [1.807, 2.05) is 18.2 Å². The molecule has 0 unspecified atom stereocenters. The fraction of sp³-hybridized carbons (Fsp3) is 0.222. The quantitative estimate of drug-likeness (QED) is 0.884. The number of amides is 1. The third-order valence-electron chi connectivity index (χ3n) is 3.88. The first-order valence-electron chi connectivity index (χ1n) is 7.47. The number of halogens is 1. The predicted octanol–water partition coefficient (Wildman–Crippen LogP) is 3.30. The van der Waals surface area contributed by atoms with E-state index in [1.54, 1.807) is 7.11 Å². The zero-order valence-corrected chi connectivity index (χ0v) is 12.8. The van der Waals surface area contributed by atoms with Gasteiger partial charge in [-0.3, -0.25) is 4.79 Å². The molecule has 5 heteroatoms. The summed E-state index contributed by atoms with van der Waals surface area (Å²) in [7, 11) is 1.64. The lowest BCUT2D eigenvalue weighted by molar-refractivity contribution is 0.0954. The maximum atomic E-state index is 12.9. The molecule has 2 aromatic carbocycles. The van der Waals surface area contributed by atoms with Crippen LogP contribution in [0.25, 0.3) is 0 Å². The molecule has 0 saturated heterocycles. The molecule has 1 aliphatic carbocycles. The average molecular weight is 312 g/mol. The van der Waals surface area contributed by atoms with Crippen molar-refractivity contribution in [1.29, 1.82) is 0 Å². The lowest BCUT2D eigenvalue weighted by atomic mass is 9.90. The summed E-state index contributed by atoms with van der Waals surface area (Å²) >= 11 is 0. The van der Waals surface area contributed by atoms with Crippen LogP contribution in [-0.2, 0) is 6.42 Å². The van der Waals surface area contributed by atoms with Crippen molar-refractivity contribution in [2.24, 2.45) is 5.10 Å². The van der Waals surface area contributed by atoms with Crippen LogP contribution >= 0.6 is 0 Å². The van der Waals surface area contributed by atoms with Crippen LogP contribution < -0.4 is 10.2 Å². The molecule has 2 aromatic rings. The average Bonchev–Trinajstić information content (AvgIpc) is 2.59. The summed E-state index contributed by atoms with van der Waals surface area (Å²) in [5.74, 6) is 0.0986. The highest BCUT2D eigenvalue weighted by Crippen LogP contribution is 2.25. The number of rotatable bonds is 3. The Bertz CT molecular complexity index is 754. The number of nitrogens with one attached hydrogen (secondary N) is 1. The number of fused-ring (bicyclic) bond motifs is 1. The number of hydrogen-bond donors (Lipinski definition) is 1. The van der Waals surface area contributed by atoms with Crippen LogP contribution in [0.5, 0.6) is 5.75 Å². The van der Waals surface area contributed by atoms with E-state index in [9.17, 15) is 9.18 Å². The van der Waals surface area contributed by atoms with Gasteiger partial charge < -0.3 is 4.74 Å². The molecule has 118 valence electrons. The second-order valence-electron chi connectivity index (χ2n) is 5.38. The minimum Gasteiger partial charge on any atom is -0.497 e. The summed E-state index contributed by atoms with van der Waals surface area (Å²) in [6.45, 7) is 0. The van der Waals surface area contributed by atoms with Crippen molar-refractivity contribution < 1.29 is 13.9 Å². The molecule has 23 heavy (non-hydrogen) atoms. The van der Waals surface area contributed by atoms with Gasteiger partial charge in [0.1, 0.15) is 11.6 Å². The van der Waals surface area contributed by atoms with E-state index in [0.717, 1.165) is 36.3 Å². The summed E-state index contributed by atoms with van der Waals surface area (Å²) in [4.78, 5) is 12.1. The van der Waals surface area contributed by atoms with Crippen LogP contribution in [0.3, 0.4) is 0 Å². The topological polar surface area (TPSA) is 50.7 Å². The molecule has 0 radical (unpaired) electrons. The monoisotopic (exact) mass is 312 g/mol.